The second-order valence-electron chi connectivity index (χ2n) is 5.69. The highest BCUT2D eigenvalue weighted by Gasteiger charge is 2.41. The summed E-state index contributed by atoms with van der Waals surface area (Å²) >= 11 is 4.08. The summed E-state index contributed by atoms with van der Waals surface area (Å²) in [7, 11) is 0. The predicted octanol–water partition coefficient (Wildman–Crippen LogP) is 5.23. The number of nitrogens with zero attached hydrogens (tertiary/aromatic N) is 1. The van der Waals surface area contributed by atoms with Crippen LogP contribution in [0.15, 0.2) is 0 Å². The Labute approximate surface area is 127 Å². The van der Waals surface area contributed by atoms with Gasteiger partial charge >= 0.3 is 6.18 Å². The van der Waals surface area contributed by atoms with Crippen LogP contribution >= 0.6 is 23.5 Å². The molecule has 2 aliphatic rings. The van der Waals surface area contributed by atoms with Crippen LogP contribution in [-0.4, -0.2) is 21.8 Å². The van der Waals surface area contributed by atoms with Crippen molar-refractivity contribution in [2.24, 2.45) is 11.8 Å². The van der Waals surface area contributed by atoms with Gasteiger partial charge in [0.05, 0.1) is 10.1 Å². The topological polar surface area (TPSA) is 23.8 Å². The van der Waals surface area contributed by atoms with E-state index in [1.165, 1.54) is 11.5 Å². The van der Waals surface area contributed by atoms with Crippen LogP contribution in [-0.2, 0) is 0 Å². The van der Waals surface area contributed by atoms with E-state index < -0.39 is 12.6 Å². The minimum atomic E-state index is -4.09. The molecule has 0 aromatic rings. The lowest BCUT2D eigenvalue weighted by Crippen LogP contribution is -2.28. The summed E-state index contributed by atoms with van der Waals surface area (Å²) in [6.07, 6.45) is -0.120. The first-order valence-electron chi connectivity index (χ1n) is 7.18. The van der Waals surface area contributed by atoms with Crippen LogP contribution in [0, 0.1) is 23.2 Å². The zero-order chi connectivity index (χ0) is 14.6. The number of halogens is 3. The number of thioether (sulfide) groups is 2. The summed E-state index contributed by atoms with van der Waals surface area (Å²) in [6, 6.07) is 2.26. The Morgan fingerprint density at radius 1 is 1.20 bits per heavy atom. The average molecular weight is 323 g/mol. The number of nitriles is 1. The average Bonchev–Trinajstić information content (AvgIpc) is 2.83. The summed E-state index contributed by atoms with van der Waals surface area (Å²) in [5, 5.41) is 9.22. The van der Waals surface area contributed by atoms with Gasteiger partial charge in [0.1, 0.15) is 0 Å². The fraction of sp³-hybridized carbons (Fsp3) is 0.929. The summed E-state index contributed by atoms with van der Waals surface area (Å²) in [5.41, 5.74) is 0. The number of alkyl halides is 3. The Bertz CT molecular complexity index is 348. The standard InChI is InChI=1S/C14H20F3NS2/c15-14(16,17)5-1-2-12(10-18)11-3-6-13(7-4-11)19-8-9-20-13/h11-12H,1-9H2. The molecule has 2 fully saturated rings. The maximum Gasteiger partial charge on any atom is 0.389 e. The molecule has 1 heterocycles. The molecule has 0 radical (unpaired) electrons. The van der Waals surface area contributed by atoms with Crippen LogP contribution in [0.5, 0.6) is 0 Å². The van der Waals surface area contributed by atoms with Gasteiger partial charge in [0.15, 0.2) is 0 Å². The van der Waals surface area contributed by atoms with Crippen molar-refractivity contribution in [3.8, 4) is 6.07 Å². The fourth-order valence-electron chi connectivity index (χ4n) is 3.20. The molecule has 114 valence electrons. The number of hydrogen-bond acceptors (Lipinski definition) is 3. The molecular weight excluding hydrogens is 303 g/mol. The van der Waals surface area contributed by atoms with Crippen LogP contribution < -0.4 is 0 Å². The minimum absolute atomic E-state index is 0.0901. The Balaban J connectivity index is 1.77. The Morgan fingerprint density at radius 2 is 1.80 bits per heavy atom. The van der Waals surface area contributed by atoms with E-state index in [1.54, 1.807) is 0 Å². The zero-order valence-electron chi connectivity index (χ0n) is 11.4. The van der Waals surface area contributed by atoms with Gasteiger partial charge in [-0.15, -0.1) is 23.5 Å². The SMILES string of the molecule is N#CC(CCCC(F)(F)F)C1CCC2(CC1)SCCS2. The van der Waals surface area contributed by atoms with E-state index in [9.17, 15) is 18.4 Å². The smallest absolute Gasteiger partial charge is 0.198 e. The van der Waals surface area contributed by atoms with Crippen molar-refractivity contribution in [2.75, 3.05) is 11.5 Å². The van der Waals surface area contributed by atoms with Gasteiger partial charge in [-0.25, -0.2) is 0 Å². The highest BCUT2D eigenvalue weighted by molar-refractivity contribution is 8.21. The van der Waals surface area contributed by atoms with Crippen molar-refractivity contribution in [1.82, 2.24) is 0 Å². The van der Waals surface area contributed by atoms with Gasteiger partial charge in [0, 0.05) is 23.8 Å². The monoisotopic (exact) mass is 323 g/mol. The quantitative estimate of drug-likeness (QED) is 0.708. The molecule has 0 bridgehead atoms. The first-order chi connectivity index (χ1) is 9.44. The minimum Gasteiger partial charge on any atom is -0.198 e. The largest absolute Gasteiger partial charge is 0.389 e. The van der Waals surface area contributed by atoms with Gasteiger partial charge in [-0.3, -0.25) is 0 Å². The molecule has 0 N–H and O–H groups in total. The van der Waals surface area contributed by atoms with E-state index in [2.05, 4.69) is 6.07 Å². The molecule has 1 spiro atoms. The van der Waals surface area contributed by atoms with Gasteiger partial charge in [-0.05, 0) is 44.4 Å². The molecule has 1 aliphatic carbocycles. The molecule has 0 amide bonds. The van der Waals surface area contributed by atoms with Gasteiger partial charge in [0.2, 0.25) is 0 Å². The van der Waals surface area contributed by atoms with Gasteiger partial charge in [0.25, 0.3) is 0 Å². The first kappa shape index (κ1) is 16.4. The van der Waals surface area contributed by atoms with Crippen molar-refractivity contribution < 1.29 is 13.2 Å². The molecule has 0 aromatic carbocycles. The summed E-state index contributed by atoms with van der Waals surface area (Å²) in [5.74, 6) is 2.54. The molecule has 20 heavy (non-hydrogen) atoms. The molecule has 1 nitrogen and oxygen atoms in total. The van der Waals surface area contributed by atoms with Crippen LogP contribution in [0.1, 0.15) is 44.9 Å². The number of hydrogen-bond donors (Lipinski definition) is 0. The van der Waals surface area contributed by atoms with Crippen LogP contribution in [0.3, 0.4) is 0 Å². The maximum absolute atomic E-state index is 12.2. The summed E-state index contributed by atoms with van der Waals surface area (Å²) in [4.78, 5) is 0. The first-order valence-corrected chi connectivity index (χ1v) is 9.15. The normalized spacial score (nSPS) is 24.7. The highest BCUT2D eigenvalue weighted by atomic mass is 32.2. The Hall–Kier alpha value is -0.0200. The van der Waals surface area contributed by atoms with E-state index in [1.807, 2.05) is 23.5 Å². The van der Waals surface area contributed by atoms with E-state index in [0.717, 1.165) is 25.7 Å². The lowest BCUT2D eigenvalue weighted by atomic mass is 9.78. The highest BCUT2D eigenvalue weighted by Crippen LogP contribution is 2.54. The molecule has 6 heteroatoms. The maximum atomic E-state index is 12.2. The van der Waals surface area contributed by atoms with Gasteiger partial charge in [-0.2, -0.15) is 18.4 Å². The van der Waals surface area contributed by atoms with Crippen molar-refractivity contribution >= 4 is 23.5 Å². The molecule has 2 rings (SSSR count). The van der Waals surface area contributed by atoms with E-state index >= 15 is 0 Å². The van der Waals surface area contributed by atoms with Crippen LogP contribution in [0.4, 0.5) is 13.2 Å². The van der Waals surface area contributed by atoms with Crippen molar-refractivity contribution in [1.29, 1.82) is 5.26 Å². The summed E-state index contributed by atoms with van der Waals surface area (Å²) < 4.78 is 36.9. The molecular formula is C14H20F3NS2. The van der Waals surface area contributed by atoms with E-state index in [4.69, 9.17) is 0 Å². The van der Waals surface area contributed by atoms with E-state index in [-0.39, 0.29) is 12.3 Å². The lowest BCUT2D eigenvalue weighted by Gasteiger charge is -2.37. The zero-order valence-corrected chi connectivity index (χ0v) is 13.0. The van der Waals surface area contributed by atoms with Gasteiger partial charge < -0.3 is 0 Å². The lowest BCUT2D eigenvalue weighted by molar-refractivity contribution is -0.136. The van der Waals surface area contributed by atoms with Crippen molar-refractivity contribution in [3.05, 3.63) is 0 Å². The molecule has 0 aromatic heterocycles. The molecule has 1 unspecified atom stereocenters. The Morgan fingerprint density at radius 3 is 2.30 bits per heavy atom. The number of rotatable bonds is 4. The molecule has 1 atom stereocenters. The second kappa shape index (κ2) is 6.83. The third kappa shape index (κ3) is 4.49. The van der Waals surface area contributed by atoms with Crippen LogP contribution in [0.25, 0.3) is 0 Å². The third-order valence-corrected chi connectivity index (χ3v) is 7.97. The third-order valence-electron chi connectivity index (χ3n) is 4.32. The predicted molar refractivity (Wildman–Crippen MR) is 78.6 cm³/mol. The Kier molecular flexibility index (Phi) is 5.58. The molecule has 1 saturated carbocycles. The van der Waals surface area contributed by atoms with E-state index in [0.29, 0.717) is 16.4 Å². The van der Waals surface area contributed by atoms with Crippen molar-refractivity contribution in [2.45, 2.75) is 55.2 Å². The fourth-order valence-corrected chi connectivity index (χ4v) is 6.49. The summed E-state index contributed by atoms with van der Waals surface area (Å²) in [6.45, 7) is 0. The van der Waals surface area contributed by atoms with Crippen LogP contribution in [0.2, 0.25) is 0 Å². The molecule has 1 saturated heterocycles. The van der Waals surface area contributed by atoms with Crippen molar-refractivity contribution in [3.63, 3.8) is 0 Å². The second-order valence-corrected chi connectivity index (χ2v) is 8.90. The molecule has 1 aliphatic heterocycles. The van der Waals surface area contributed by atoms with Gasteiger partial charge in [-0.1, -0.05) is 0 Å².